The average molecular weight is 897 g/mol. The lowest BCUT2D eigenvalue weighted by Gasteiger charge is -2.38. The molecule has 2 aliphatic rings. The highest BCUT2D eigenvalue weighted by atomic mass is 35.5. The molecule has 2 aromatic carbocycles. The van der Waals surface area contributed by atoms with Gasteiger partial charge in [0, 0.05) is 36.6 Å². The van der Waals surface area contributed by atoms with E-state index in [4.69, 9.17) is 30.8 Å². The number of nitrogens with zero attached hydrogens (tertiary/aromatic N) is 4. The predicted octanol–water partition coefficient (Wildman–Crippen LogP) is 10.4. The first-order valence-corrected chi connectivity index (χ1v) is 21.9. The summed E-state index contributed by atoms with van der Waals surface area (Å²) in [5, 5.41) is 9.62. The third kappa shape index (κ3) is 9.98. The van der Waals surface area contributed by atoms with Crippen molar-refractivity contribution in [3.8, 4) is 34.3 Å². The lowest BCUT2D eigenvalue weighted by Crippen LogP contribution is -2.33. The second-order valence-electron chi connectivity index (χ2n) is 18.3. The Kier molecular flexibility index (Phi) is 13.3. The van der Waals surface area contributed by atoms with Gasteiger partial charge >= 0.3 is 11.9 Å². The first-order chi connectivity index (χ1) is 30.9. The fourth-order valence-corrected chi connectivity index (χ4v) is 8.42. The van der Waals surface area contributed by atoms with Crippen LogP contribution in [0.2, 0.25) is 5.15 Å². The molecule has 2 atom stereocenters. The van der Waals surface area contributed by atoms with Gasteiger partial charge in [0.1, 0.15) is 35.8 Å². The monoisotopic (exact) mass is 896 g/mol. The Labute approximate surface area is 383 Å². The number of ether oxygens (including phenoxy) is 3. The summed E-state index contributed by atoms with van der Waals surface area (Å²) in [4.78, 5) is 58.6. The topological polar surface area (TPSA) is 152 Å². The fraction of sp³-hybridized carbons (Fsp3) is 0.308. The van der Waals surface area contributed by atoms with Crippen molar-refractivity contribution in [1.29, 1.82) is 0 Å². The molecular weight excluding hydrogens is 844 g/mol. The Morgan fingerprint density at radius 1 is 0.738 bits per heavy atom. The van der Waals surface area contributed by atoms with Gasteiger partial charge in [-0.05, 0) is 71.1 Å². The molecule has 8 rings (SSSR count). The highest BCUT2D eigenvalue weighted by Crippen LogP contribution is 2.45. The molecule has 0 unspecified atom stereocenters. The van der Waals surface area contributed by atoms with Gasteiger partial charge in [-0.1, -0.05) is 120 Å². The summed E-state index contributed by atoms with van der Waals surface area (Å²) in [7, 11) is 0. The van der Waals surface area contributed by atoms with Crippen molar-refractivity contribution in [3.63, 3.8) is 0 Å². The van der Waals surface area contributed by atoms with E-state index in [1.807, 2.05) is 81.9 Å². The van der Waals surface area contributed by atoms with Crippen molar-refractivity contribution < 1.29 is 28.9 Å². The summed E-state index contributed by atoms with van der Waals surface area (Å²) in [6.07, 6.45) is 6.01. The Morgan fingerprint density at radius 2 is 1.20 bits per heavy atom. The number of benzene rings is 2. The van der Waals surface area contributed by atoms with E-state index < -0.39 is 17.4 Å². The highest BCUT2D eigenvalue weighted by Gasteiger charge is 2.36. The van der Waals surface area contributed by atoms with Crippen LogP contribution in [0.1, 0.15) is 109 Å². The van der Waals surface area contributed by atoms with Crippen LogP contribution in [0.15, 0.2) is 113 Å². The van der Waals surface area contributed by atoms with Crippen LogP contribution in [-0.4, -0.2) is 42.8 Å². The number of esters is 1. The quantitative estimate of drug-likeness (QED) is 0.104. The molecule has 2 aliphatic heterocycles. The molecule has 1 N–H and O–H groups in total. The van der Waals surface area contributed by atoms with E-state index in [9.17, 15) is 24.3 Å². The number of halogens is 1. The van der Waals surface area contributed by atoms with Gasteiger partial charge in [0.25, 0.3) is 0 Å². The number of hydrogen-bond acceptors (Lipinski definition) is 9. The molecule has 0 bridgehead atoms. The molecule has 336 valence electrons. The van der Waals surface area contributed by atoms with Crippen LogP contribution in [0.5, 0.6) is 11.5 Å². The van der Waals surface area contributed by atoms with Crippen molar-refractivity contribution in [2.24, 2.45) is 10.8 Å². The Bertz CT molecular complexity index is 2890. The zero-order chi connectivity index (χ0) is 46.8. The Hall–Kier alpha value is -6.79. The number of carboxylic acid groups (broad SMARTS) is 1. The lowest BCUT2D eigenvalue weighted by atomic mass is 9.79. The maximum absolute atomic E-state index is 12.9. The molecule has 0 saturated carbocycles. The molecule has 12 nitrogen and oxygen atoms in total. The molecule has 0 spiro atoms. The van der Waals surface area contributed by atoms with Gasteiger partial charge in [-0.15, -0.1) is 0 Å². The second-order valence-corrected chi connectivity index (χ2v) is 18.7. The molecule has 0 amide bonds. The van der Waals surface area contributed by atoms with E-state index in [0.29, 0.717) is 66.0 Å². The zero-order valence-electron chi connectivity index (χ0n) is 37.7. The molecular formula is C52H53ClN4O8. The molecule has 0 radical (unpaired) electrons. The number of aromatic carboxylic acids is 1. The number of fused-ring (bicyclic) bond motifs is 6. The fourth-order valence-electron chi connectivity index (χ4n) is 8.22. The van der Waals surface area contributed by atoms with Gasteiger partial charge in [0.2, 0.25) is 0 Å². The van der Waals surface area contributed by atoms with Crippen LogP contribution in [0.25, 0.3) is 28.9 Å². The van der Waals surface area contributed by atoms with Crippen LogP contribution >= 0.6 is 11.6 Å². The average Bonchev–Trinajstić information content (AvgIpc) is 3.26. The van der Waals surface area contributed by atoms with Crippen molar-refractivity contribution in [2.45, 2.75) is 86.6 Å². The maximum atomic E-state index is 12.9. The molecule has 0 fully saturated rings. The molecule has 13 heteroatoms. The van der Waals surface area contributed by atoms with Gasteiger partial charge in [-0.25, -0.2) is 19.6 Å². The predicted molar refractivity (Wildman–Crippen MR) is 252 cm³/mol. The molecule has 4 aromatic heterocycles. The zero-order valence-corrected chi connectivity index (χ0v) is 38.4. The van der Waals surface area contributed by atoms with Crippen LogP contribution in [-0.2, 0) is 30.8 Å². The summed E-state index contributed by atoms with van der Waals surface area (Å²) < 4.78 is 21.0. The van der Waals surface area contributed by atoms with E-state index in [2.05, 4.69) is 53.1 Å². The molecule has 0 saturated heterocycles. The van der Waals surface area contributed by atoms with Crippen molar-refractivity contribution in [3.05, 3.63) is 169 Å². The first kappa shape index (κ1) is 46.2. The lowest BCUT2D eigenvalue weighted by molar-refractivity contribution is 0.0522. The Balaban J connectivity index is 0.000000195. The van der Waals surface area contributed by atoms with E-state index in [1.54, 1.807) is 19.2 Å². The standard InChI is InChI=1S/C28H30N2O4.C24H23ClN2O4/c1-6-21-24(34-17-18-11-9-8-10-12-18)13-19-14-25(28(3,4)5)30-16-20(27(32)33-7-2)23(31)15-22(30)26(19)29-21;1-24(2,3)20-10-15-9-19(31-13-14-7-5-4-6-8-14)22(25)26-21(15)17-11-18(28)16(23(29)30)12-27(17)20/h6,8-13,15-16,25H,1,7,14,17H2,2-5H3;4-9,11-12,20H,10,13H2,1-3H3,(H,29,30)/t25-;20-/m00/s1. The molecule has 0 aliphatic carbocycles. The minimum Gasteiger partial charge on any atom is -0.487 e. The highest BCUT2D eigenvalue weighted by molar-refractivity contribution is 6.31. The van der Waals surface area contributed by atoms with Gasteiger partial charge in [-0.3, -0.25) is 9.59 Å². The third-order valence-corrected chi connectivity index (χ3v) is 11.9. The maximum Gasteiger partial charge on any atom is 0.343 e. The number of aromatic nitrogens is 4. The SMILES string of the molecule is C=Cc1nc2c(cc1OCc1ccccc1)C[C@@H](C(C)(C)C)n1cc(C(=O)OCC)c(=O)cc1-2.CC(C)(C)[C@@H]1Cc2cc(OCc3ccccc3)c(Cl)nc2-c2cc(=O)c(C(=O)O)cn21. The van der Waals surface area contributed by atoms with Crippen LogP contribution in [0.4, 0.5) is 0 Å². The summed E-state index contributed by atoms with van der Waals surface area (Å²) in [5.74, 6) is -0.709. The Morgan fingerprint density at radius 3 is 1.68 bits per heavy atom. The smallest absolute Gasteiger partial charge is 0.343 e. The van der Waals surface area contributed by atoms with Gasteiger partial charge in [0.15, 0.2) is 21.8 Å². The molecule has 6 heterocycles. The van der Waals surface area contributed by atoms with Gasteiger partial charge in [0.05, 0.1) is 29.4 Å². The number of hydrogen-bond donors (Lipinski definition) is 1. The normalized spacial score (nSPS) is 14.9. The number of carbonyl (C=O) groups is 2. The summed E-state index contributed by atoms with van der Waals surface area (Å²) in [6.45, 7) is 19.3. The number of carboxylic acids is 1. The summed E-state index contributed by atoms with van der Waals surface area (Å²) >= 11 is 6.42. The first-order valence-electron chi connectivity index (χ1n) is 21.5. The van der Waals surface area contributed by atoms with Crippen molar-refractivity contribution >= 4 is 29.6 Å². The number of pyridine rings is 4. The molecule has 6 aromatic rings. The minimum absolute atomic E-state index is 0.00197. The minimum atomic E-state index is -1.24. The van der Waals surface area contributed by atoms with Crippen LogP contribution in [0, 0.1) is 10.8 Å². The van der Waals surface area contributed by atoms with Gasteiger partial charge < -0.3 is 28.5 Å². The summed E-state index contributed by atoms with van der Waals surface area (Å²) in [5.41, 5.74) is 5.63. The second kappa shape index (κ2) is 18.7. The van der Waals surface area contributed by atoms with E-state index in [1.165, 1.54) is 18.3 Å². The van der Waals surface area contributed by atoms with Crippen LogP contribution in [0.3, 0.4) is 0 Å². The summed E-state index contributed by atoms with van der Waals surface area (Å²) in [6, 6.07) is 26.4. The van der Waals surface area contributed by atoms with Crippen molar-refractivity contribution in [1.82, 2.24) is 19.1 Å². The van der Waals surface area contributed by atoms with E-state index in [0.717, 1.165) is 22.3 Å². The van der Waals surface area contributed by atoms with Gasteiger partial charge in [-0.2, -0.15) is 0 Å². The number of rotatable bonds is 10. The van der Waals surface area contributed by atoms with E-state index >= 15 is 0 Å². The van der Waals surface area contributed by atoms with Crippen molar-refractivity contribution in [2.75, 3.05) is 6.61 Å². The largest absolute Gasteiger partial charge is 0.487 e. The van der Waals surface area contributed by atoms with E-state index in [-0.39, 0.29) is 51.2 Å². The molecule has 65 heavy (non-hydrogen) atoms. The third-order valence-electron chi connectivity index (χ3n) is 11.7. The number of carbonyl (C=O) groups excluding carboxylic acids is 1. The van der Waals surface area contributed by atoms with Crippen LogP contribution < -0.4 is 20.3 Å².